The van der Waals surface area contributed by atoms with Crippen molar-refractivity contribution in [3.63, 3.8) is 0 Å². The third-order valence-electron chi connectivity index (χ3n) is 2.76. The Kier molecular flexibility index (Phi) is 5.21. The minimum absolute atomic E-state index is 0.322. The van der Waals surface area contributed by atoms with Crippen molar-refractivity contribution in [2.45, 2.75) is 19.5 Å². The molecule has 112 valence electrons. The second-order valence-electron chi connectivity index (χ2n) is 4.68. The Bertz CT molecular complexity index is 622. The minimum atomic E-state index is -3.46. The van der Waals surface area contributed by atoms with Gasteiger partial charge in [-0.2, -0.15) is 0 Å². The highest BCUT2D eigenvalue weighted by molar-refractivity contribution is 7.55. The van der Waals surface area contributed by atoms with Crippen LogP contribution in [0.1, 0.15) is 13.8 Å². The van der Waals surface area contributed by atoms with Crippen LogP contribution >= 0.6 is 30.8 Å². The summed E-state index contributed by atoms with van der Waals surface area (Å²) in [6.45, 7) is 3.52. The monoisotopic (exact) mass is 344 g/mol. The normalized spacial score (nSPS) is 11.5. The molecule has 0 fully saturated rings. The first kappa shape index (κ1) is 16.2. The molecule has 0 bridgehead atoms. The Hall–Kier alpha value is -1.15. The zero-order valence-corrected chi connectivity index (χ0v) is 14.0. The van der Waals surface area contributed by atoms with Crippen molar-refractivity contribution in [1.82, 2.24) is 0 Å². The smallest absolute Gasteiger partial charge is 0.414 e. The molecule has 0 aliphatic heterocycles. The van der Waals surface area contributed by atoms with Crippen LogP contribution in [0.2, 0.25) is 10.0 Å². The third kappa shape index (κ3) is 3.94. The Morgan fingerprint density at radius 2 is 1.24 bits per heavy atom. The molecule has 0 radical (unpaired) electrons. The number of hydrogen-bond acceptors (Lipinski definition) is 3. The summed E-state index contributed by atoms with van der Waals surface area (Å²) in [6, 6.07) is 13.7. The van der Waals surface area contributed by atoms with Gasteiger partial charge >= 0.3 is 7.60 Å². The van der Waals surface area contributed by atoms with Gasteiger partial charge in [-0.25, -0.2) is 4.57 Å². The molecule has 0 atom stereocenters. The molecule has 2 aromatic carbocycles. The Morgan fingerprint density at radius 1 is 0.857 bits per heavy atom. The second-order valence-corrected chi connectivity index (χ2v) is 7.97. The summed E-state index contributed by atoms with van der Waals surface area (Å²) in [5, 5.41) is 0.752. The van der Waals surface area contributed by atoms with E-state index in [1.54, 1.807) is 62.4 Å². The highest BCUT2D eigenvalue weighted by Crippen LogP contribution is 2.54. The van der Waals surface area contributed by atoms with Gasteiger partial charge in [0.25, 0.3) is 0 Å². The summed E-state index contributed by atoms with van der Waals surface area (Å²) >= 11 is 12.1. The van der Waals surface area contributed by atoms with Crippen LogP contribution < -0.4 is 9.05 Å². The molecule has 0 saturated carbocycles. The molecule has 0 unspecified atom stereocenters. The summed E-state index contributed by atoms with van der Waals surface area (Å²) in [6.07, 6.45) is 0. The quantitative estimate of drug-likeness (QED) is 0.619. The fraction of sp³-hybridized carbons (Fsp3) is 0.200. The molecule has 0 aliphatic rings. The van der Waals surface area contributed by atoms with Crippen LogP contribution in [0.4, 0.5) is 0 Å². The van der Waals surface area contributed by atoms with E-state index in [2.05, 4.69) is 0 Å². The van der Waals surface area contributed by atoms with E-state index in [4.69, 9.17) is 32.2 Å². The molecule has 21 heavy (non-hydrogen) atoms. The van der Waals surface area contributed by atoms with Gasteiger partial charge < -0.3 is 9.05 Å². The van der Waals surface area contributed by atoms with E-state index in [1.807, 2.05) is 0 Å². The molecule has 0 spiro atoms. The summed E-state index contributed by atoms with van der Waals surface area (Å²) in [5.74, 6) is 0.645. The molecule has 0 aliphatic carbocycles. The van der Waals surface area contributed by atoms with Gasteiger partial charge in [-0.3, -0.25) is 0 Å². The largest absolute Gasteiger partial charge is 0.433 e. The van der Waals surface area contributed by atoms with E-state index in [1.165, 1.54) is 0 Å². The van der Waals surface area contributed by atoms with Crippen molar-refractivity contribution in [1.29, 1.82) is 0 Å². The first-order chi connectivity index (χ1) is 9.92. The van der Waals surface area contributed by atoms with Crippen molar-refractivity contribution < 1.29 is 13.6 Å². The van der Waals surface area contributed by atoms with E-state index in [9.17, 15) is 4.57 Å². The number of rotatable bonds is 5. The molecular weight excluding hydrogens is 330 g/mol. The van der Waals surface area contributed by atoms with Gasteiger partial charge in [-0.1, -0.05) is 47.5 Å². The maximum Gasteiger partial charge on any atom is 0.433 e. The molecule has 2 aromatic rings. The second kappa shape index (κ2) is 6.74. The van der Waals surface area contributed by atoms with Gasteiger partial charge in [-0.05, 0) is 38.1 Å². The summed E-state index contributed by atoms with van der Waals surface area (Å²) in [4.78, 5) is 0. The standard InChI is InChI=1S/C15H15Cl2O3P/c1-11(2)21(18,19-14-9-5-3-7-12(14)16)20-15-10-6-4-8-13(15)17/h3-11H,1-2H3. The summed E-state index contributed by atoms with van der Waals surface area (Å²) in [7, 11) is -3.46. The number of benzene rings is 2. The summed E-state index contributed by atoms with van der Waals surface area (Å²) < 4.78 is 24.2. The SMILES string of the molecule is CC(C)P(=O)(Oc1ccccc1Cl)Oc1ccccc1Cl. The molecule has 3 nitrogen and oxygen atoms in total. The van der Waals surface area contributed by atoms with E-state index in [0.29, 0.717) is 21.5 Å². The van der Waals surface area contributed by atoms with Crippen molar-refractivity contribution in [2.24, 2.45) is 0 Å². The van der Waals surface area contributed by atoms with Crippen LogP contribution in [-0.4, -0.2) is 5.66 Å². The van der Waals surface area contributed by atoms with Gasteiger partial charge in [-0.15, -0.1) is 0 Å². The lowest BCUT2D eigenvalue weighted by molar-refractivity contribution is 0.377. The predicted octanol–water partition coefficient (Wildman–Crippen LogP) is 6.05. The molecule has 2 rings (SSSR count). The zero-order chi connectivity index (χ0) is 15.5. The van der Waals surface area contributed by atoms with Crippen LogP contribution in [-0.2, 0) is 4.57 Å². The topological polar surface area (TPSA) is 35.5 Å². The molecular formula is C15H15Cl2O3P. The summed E-state index contributed by atoms with van der Waals surface area (Å²) in [5.41, 5.74) is -0.356. The Labute approximate surface area is 134 Å². The highest BCUT2D eigenvalue weighted by Gasteiger charge is 2.34. The van der Waals surface area contributed by atoms with E-state index in [0.717, 1.165) is 0 Å². The molecule has 0 heterocycles. The number of hydrogen-bond donors (Lipinski definition) is 0. The minimum Gasteiger partial charge on any atom is -0.414 e. The lowest BCUT2D eigenvalue weighted by Gasteiger charge is -2.23. The van der Waals surface area contributed by atoms with Crippen LogP contribution in [0.15, 0.2) is 48.5 Å². The van der Waals surface area contributed by atoms with Gasteiger partial charge in [0, 0.05) is 0 Å². The van der Waals surface area contributed by atoms with Crippen LogP contribution in [0, 0.1) is 0 Å². The van der Waals surface area contributed by atoms with Crippen LogP contribution in [0.3, 0.4) is 0 Å². The van der Waals surface area contributed by atoms with Crippen molar-refractivity contribution in [3.8, 4) is 11.5 Å². The van der Waals surface area contributed by atoms with Crippen LogP contribution in [0.5, 0.6) is 11.5 Å². The van der Waals surface area contributed by atoms with Crippen LogP contribution in [0.25, 0.3) is 0 Å². The Balaban J connectivity index is 2.32. The molecule has 0 saturated heterocycles. The Morgan fingerprint density at radius 3 is 1.57 bits per heavy atom. The van der Waals surface area contributed by atoms with Gasteiger partial charge in [0.05, 0.1) is 15.7 Å². The van der Waals surface area contributed by atoms with Gasteiger partial charge in [0.2, 0.25) is 0 Å². The first-order valence-corrected chi connectivity index (χ1v) is 8.77. The maximum atomic E-state index is 13.0. The van der Waals surface area contributed by atoms with Crippen molar-refractivity contribution in [3.05, 3.63) is 58.6 Å². The van der Waals surface area contributed by atoms with E-state index >= 15 is 0 Å². The maximum absolute atomic E-state index is 13.0. The number of halogens is 2. The average Bonchev–Trinajstić information content (AvgIpc) is 2.44. The lowest BCUT2D eigenvalue weighted by atomic mass is 10.3. The van der Waals surface area contributed by atoms with Crippen molar-refractivity contribution in [2.75, 3.05) is 0 Å². The average molecular weight is 345 g/mol. The molecule has 0 N–H and O–H groups in total. The molecule has 0 amide bonds. The number of para-hydroxylation sites is 2. The molecule has 6 heteroatoms. The lowest BCUT2D eigenvalue weighted by Crippen LogP contribution is -2.11. The van der Waals surface area contributed by atoms with E-state index < -0.39 is 7.60 Å². The first-order valence-electron chi connectivity index (χ1n) is 6.40. The van der Waals surface area contributed by atoms with Crippen molar-refractivity contribution >= 4 is 30.8 Å². The van der Waals surface area contributed by atoms with Gasteiger partial charge in [0.15, 0.2) is 0 Å². The predicted molar refractivity (Wildman–Crippen MR) is 86.9 cm³/mol. The zero-order valence-electron chi connectivity index (χ0n) is 11.6. The highest BCUT2D eigenvalue weighted by atomic mass is 35.5. The third-order valence-corrected chi connectivity index (χ3v) is 5.55. The molecule has 0 aromatic heterocycles. The fourth-order valence-electron chi connectivity index (χ4n) is 1.54. The van der Waals surface area contributed by atoms with Gasteiger partial charge in [0.1, 0.15) is 11.5 Å². The van der Waals surface area contributed by atoms with E-state index in [-0.39, 0.29) is 5.66 Å². The fourth-order valence-corrected chi connectivity index (χ4v) is 3.32.